The second kappa shape index (κ2) is 5.32. The van der Waals surface area contributed by atoms with Crippen molar-refractivity contribution in [1.29, 1.82) is 0 Å². The quantitative estimate of drug-likeness (QED) is 0.714. The zero-order valence-corrected chi connectivity index (χ0v) is 11.9. The highest BCUT2D eigenvalue weighted by Crippen LogP contribution is 2.25. The fraction of sp³-hybridized carbons (Fsp3) is 0.133. The van der Waals surface area contributed by atoms with Crippen LogP contribution in [0.3, 0.4) is 0 Å². The molecule has 0 bridgehead atoms. The van der Waals surface area contributed by atoms with E-state index in [9.17, 15) is 9.18 Å². The van der Waals surface area contributed by atoms with Gasteiger partial charge in [-0.15, -0.1) is 0 Å². The molecule has 1 nitrogen and oxygen atoms in total. The van der Waals surface area contributed by atoms with E-state index in [1.807, 2.05) is 6.92 Å². The minimum atomic E-state index is -0.427. The van der Waals surface area contributed by atoms with Crippen molar-refractivity contribution in [3.8, 4) is 0 Å². The van der Waals surface area contributed by atoms with Crippen molar-refractivity contribution in [3.05, 3.63) is 68.4 Å². The zero-order chi connectivity index (χ0) is 14.2. The Morgan fingerprint density at radius 1 is 1.00 bits per heavy atom. The van der Waals surface area contributed by atoms with Crippen LogP contribution in [0.5, 0.6) is 0 Å². The van der Waals surface area contributed by atoms with Crippen molar-refractivity contribution < 1.29 is 9.18 Å². The molecule has 0 spiro atoms. The van der Waals surface area contributed by atoms with E-state index in [-0.39, 0.29) is 16.4 Å². The molecule has 0 fully saturated rings. The summed E-state index contributed by atoms with van der Waals surface area (Å²) in [7, 11) is 0. The van der Waals surface area contributed by atoms with E-state index >= 15 is 0 Å². The summed E-state index contributed by atoms with van der Waals surface area (Å²) in [6, 6.07) is 7.68. The Balaban J connectivity index is 2.56. The number of hydrogen-bond acceptors (Lipinski definition) is 1. The Labute approximate surface area is 121 Å². The highest BCUT2D eigenvalue weighted by molar-refractivity contribution is 6.35. The van der Waals surface area contributed by atoms with Crippen molar-refractivity contribution >= 4 is 29.0 Å². The second-order valence-electron chi connectivity index (χ2n) is 4.37. The number of ketones is 1. The fourth-order valence-corrected chi connectivity index (χ4v) is 2.22. The first-order valence-corrected chi connectivity index (χ1v) is 6.42. The smallest absolute Gasteiger partial charge is 0.194 e. The van der Waals surface area contributed by atoms with E-state index in [0.29, 0.717) is 16.1 Å². The molecule has 0 aliphatic heterocycles. The van der Waals surface area contributed by atoms with Crippen LogP contribution in [-0.2, 0) is 0 Å². The maximum Gasteiger partial charge on any atom is 0.194 e. The number of hydrogen-bond donors (Lipinski definition) is 0. The predicted molar refractivity (Wildman–Crippen MR) is 75.8 cm³/mol. The van der Waals surface area contributed by atoms with Crippen molar-refractivity contribution in [1.82, 2.24) is 0 Å². The predicted octanol–water partition coefficient (Wildman–Crippen LogP) is 4.98. The van der Waals surface area contributed by atoms with Crippen molar-refractivity contribution in [2.24, 2.45) is 0 Å². The second-order valence-corrected chi connectivity index (χ2v) is 5.21. The summed E-state index contributed by atoms with van der Waals surface area (Å²) in [4.78, 5) is 12.4. The maximum absolute atomic E-state index is 13.4. The topological polar surface area (TPSA) is 17.1 Å². The summed E-state index contributed by atoms with van der Waals surface area (Å²) in [6.45, 7) is 3.40. The van der Waals surface area contributed by atoms with Gasteiger partial charge in [-0.05, 0) is 49.2 Å². The summed E-state index contributed by atoms with van der Waals surface area (Å²) in [5.74, 6) is -0.683. The molecule has 0 heterocycles. The first kappa shape index (κ1) is 14.0. The number of benzene rings is 2. The van der Waals surface area contributed by atoms with Gasteiger partial charge < -0.3 is 0 Å². The number of carbonyl (C=O) groups is 1. The third-order valence-corrected chi connectivity index (χ3v) is 3.48. The Hall–Kier alpha value is -1.38. The first-order valence-electron chi connectivity index (χ1n) is 5.66. The molecule has 0 aliphatic carbocycles. The van der Waals surface area contributed by atoms with Crippen LogP contribution < -0.4 is 0 Å². The molecule has 2 aromatic rings. The molecule has 0 atom stereocenters. The molecular formula is C15H11Cl2FO. The fourth-order valence-electron chi connectivity index (χ4n) is 1.82. The Morgan fingerprint density at radius 3 is 2.37 bits per heavy atom. The van der Waals surface area contributed by atoms with Gasteiger partial charge in [-0.25, -0.2) is 4.39 Å². The van der Waals surface area contributed by atoms with Gasteiger partial charge in [-0.3, -0.25) is 4.79 Å². The normalized spacial score (nSPS) is 10.6. The third kappa shape index (κ3) is 2.80. The molecule has 98 valence electrons. The Morgan fingerprint density at radius 2 is 1.68 bits per heavy atom. The molecule has 0 saturated heterocycles. The van der Waals surface area contributed by atoms with E-state index in [1.165, 1.54) is 6.07 Å². The van der Waals surface area contributed by atoms with Crippen LogP contribution in [0.15, 0.2) is 30.3 Å². The van der Waals surface area contributed by atoms with Crippen LogP contribution >= 0.6 is 23.2 Å². The molecule has 2 rings (SSSR count). The number of halogens is 3. The molecule has 19 heavy (non-hydrogen) atoms. The van der Waals surface area contributed by atoms with Gasteiger partial charge in [-0.1, -0.05) is 29.3 Å². The van der Waals surface area contributed by atoms with Gasteiger partial charge in [0.2, 0.25) is 0 Å². The largest absolute Gasteiger partial charge is 0.289 e. The van der Waals surface area contributed by atoms with Crippen molar-refractivity contribution in [2.45, 2.75) is 13.8 Å². The molecule has 2 aromatic carbocycles. The summed E-state index contributed by atoms with van der Waals surface area (Å²) in [6.07, 6.45) is 0. The Kier molecular flexibility index (Phi) is 3.93. The minimum absolute atomic E-state index is 0.104. The van der Waals surface area contributed by atoms with Gasteiger partial charge >= 0.3 is 0 Å². The molecule has 0 aromatic heterocycles. The van der Waals surface area contributed by atoms with E-state index in [1.54, 1.807) is 25.1 Å². The highest BCUT2D eigenvalue weighted by atomic mass is 35.5. The molecule has 0 N–H and O–H groups in total. The van der Waals surface area contributed by atoms with Crippen LogP contribution in [0, 0.1) is 19.7 Å². The van der Waals surface area contributed by atoms with Gasteiger partial charge in [0.25, 0.3) is 0 Å². The SMILES string of the molecule is Cc1cc(C(=O)c2cc(Cl)ccc2C)c(Cl)cc1F. The van der Waals surface area contributed by atoms with Crippen molar-refractivity contribution in [2.75, 3.05) is 0 Å². The highest BCUT2D eigenvalue weighted by Gasteiger charge is 2.17. The molecular weight excluding hydrogens is 286 g/mol. The summed E-state index contributed by atoms with van der Waals surface area (Å²) in [5, 5.41) is 0.580. The average Bonchev–Trinajstić information content (AvgIpc) is 2.36. The van der Waals surface area contributed by atoms with Crippen LogP contribution in [0.25, 0.3) is 0 Å². The number of aryl methyl sites for hydroxylation is 2. The zero-order valence-electron chi connectivity index (χ0n) is 10.4. The molecule has 0 amide bonds. The average molecular weight is 297 g/mol. The van der Waals surface area contributed by atoms with Gasteiger partial charge in [0.1, 0.15) is 5.82 Å². The molecule has 0 saturated carbocycles. The summed E-state index contributed by atoms with van der Waals surface area (Å²) in [5.41, 5.74) is 1.94. The van der Waals surface area contributed by atoms with E-state index < -0.39 is 5.82 Å². The lowest BCUT2D eigenvalue weighted by Gasteiger charge is -2.09. The van der Waals surface area contributed by atoms with Gasteiger partial charge in [0.05, 0.1) is 5.02 Å². The lowest BCUT2D eigenvalue weighted by molar-refractivity contribution is 0.103. The standard InChI is InChI=1S/C15H11Cl2FO/c1-8-3-4-10(16)6-11(8)15(19)12-5-9(2)14(18)7-13(12)17/h3-7H,1-2H3. The maximum atomic E-state index is 13.4. The van der Waals surface area contributed by atoms with Gasteiger partial charge in [0, 0.05) is 16.1 Å². The summed E-state index contributed by atoms with van der Waals surface area (Å²) >= 11 is 11.8. The van der Waals surface area contributed by atoms with E-state index in [2.05, 4.69) is 0 Å². The first-order chi connectivity index (χ1) is 8.90. The van der Waals surface area contributed by atoms with Crippen LogP contribution in [-0.4, -0.2) is 5.78 Å². The number of rotatable bonds is 2. The van der Waals surface area contributed by atoms with Gasteiger partial charge in [-0.2, -0.15) is 0 Å². The lowest BCUT2D eigenvalue weighted by Crippen LogP contribution is -2.05. The molecule has 4 heteroatoms. The molecule has 0 radical (unpaired) electrons. The number of carbonyl (C=O) groups excluding carboxylic acids is 1. The van der Waals surface area contributed by atoms with Crippen LogP contribution in [0.2, 0.25) is 10.0 Å². The molecule has 0 aliphatic rings. The van der Waals surface area contributed by atoms with Crippen LogP contribution in [0.4, 0.5) is 4.39 Å². The molecule has 0 unspecified atom stereocenters. The van der Waals surface area contributed by atoms with E-state index in [4.69, 9.17) is 23.2 Å². The lowest BCUT2D eigenvalue weighted by atomic mass is 9.98. The Bertz CT molecular complexity index is 665. The van der Waals surface area contributed by atoms with E-state index in [0.717, 1.165) is 11.6 Å². The van der Waals surface area contributed by atoms with Gasteiger partial charge in [0.15, 0.2) is 5.78 Å². The summed E-state index contributed by atoms with van der Waals surface area (Å²) < 4.78 is 13.4. The monoisotopic (exact) mass is 296 g/mol. The van der Waals surface area contributed by atoms with Crippen molar-refractivity contribution in [3.63, 3.8) is 0 Å². The minimum Gasteiger partial charge on any atom is -0.289 e. The van der Waals surface area contributed by atoms with Crippen LogP contribution in [0.1, 0.15) is 27.0 Å². The third-order valence-electron chi connectivity index (χ3n) is 2.94.